The number of carbonyl (C=O) groups excluding carboxylic acids is 3. The molecule has 0 aliphatic carbocycles. The quantitative estimate of drug-likeness (QED) is 0.632. The first-order chi connectivity index (χ1) is 11.1. The molecule has 2 atom stereocenters. The zero-order valence-corrected chi connectivity index (χ0v) is 13.2. The van der Waals surface area contributed by atoms with E-state index in [9.17, 15) is 19.5 Å². The number of rotatable bonds is 5. The summed E-state index contributed by atoms with van der Waals surface area (Å²) in [6, 6.07) is -0.333. The van der Waals surface area contributed by atoms with Crippen LogP contribution in [0.2, 0.25) is 0 Å². The average Bonchev–Trinajstić information content (AvgIpc) is 3.23. The summed E-state index contributed by atoms with van der Waals surface area (Å²) in [7, 11) is 0. The molecule has 0 aromatic carbocycles. The van der Waals surface area contributed by atoms with Crippen molar-refractivity contribution in [2.45, 2.75) is 37.8 Å². The van der Waals surface area contributed by atoms with Crippen molar-refractivity contribution in [2.75, 3.05) is 39.3 Å². The molecular weight excluding hydrogens is 300 g/mol. The maximum atomic E-state index is 12.3. The van der Waals surface area contributed by atoms with Crippen LogP contribution in [0.25, 0.3) is 0 Å². The second kappa shape index (κ2) is 6.84. The lowest BCUT2D eigenvalue weighted by Crippen LogP contribution is -2.41. The van der Waals surface area contributed by atoms with Gasteiger partial charge in [-0.3, -0.25) is 19.4 Å². The van der Waals surface area contributed by atoms with Crippen molar-refractivity contribution in [1.82, 2.24) is 20.0 Å². The van der Waals surface area contributed by atoms with Crippen molar-refractivity contribution in [2.24, 2.45) is 0 Å². The lowest BCUT2D eigenvalue weighted by molar-refractivity contribution is -0.131. The van der Waals surface area contributed by atoms with E-state index in [4.69, 9.17) is 0 Å². The standard InChI is InChI=1S/C15H24N4O4/c20-12-10-18(9-11(12)17-5-1-2-6-17)13(21)4-3-7-19-14(22)8-16-15(19)23/h11-12,20H,1-10H2,(H,16,23)/t11-,12-/m1/s1. The fourth-order valence-electron chi connectivity index (χ4n) is 3.63. The van der Waals surface area contributed by atoms with Crippen LogP contribution in [0.1, 0.15) is 25.7 Å². The van der Waals surface area contributed by atoms with E-state index in [1.807, 2.05) is 0 Å². The Balaban J connectivity index is 1.43. The summed E-state index contributed by atoms with van der Waals surface area (Å²) in [5.74, 6) is -0.258. The topological polar surface area (TPSA) is 93.2 Å². The van der Waals surface area contributed by atoms with Gasteiger partial charge in [-0.15, -0.1) is 0 Å². The third-order valence-corrected chi connectivity index (χ3v) is 4.93. The minimum atomic E-state index is -0.483. The predicted molar refractivity (Wildman–Crippen MR) is 81.5 cm³/mol. The molecule has 0 radical (unpaired) electrons. The van der Waals surface area contributed by atoms with Gasteiger partial charge >= 0.3 is 6.03 Å². The van der Waals surface area contributed by atoms with Crippen molar-refractivity contribution in [1.29, 1.82) is 0 Å². The second-order valence-electron chi connectivity index (χ2n) is 6.48. The van der Waals surface area contributed by atoms with Crippen LogP contribution in [0.4, 0.5) is 4.79 Å². The maximum absolute atomic E-state index is 12.3. The van der Waals surface area contributed by atoms with Crippen LogP contribution in [-0.4, -0.2) is 89.1 Å². The van der Waals surface area contributed by atoms with Crippen LogP contribution >= 0.6 is 0 Å². The molecular formula is C15H24N4O4. The minimum Gasteiger partial charge on any atom is -0.390 e. The van der Waals surface area contributed by atoms with Gasteiger partial charge in [-0.1, -0.05) is 0 Å². The van der Waals surface area contributed by atoms with Gasteiger partial charge in [0.05, 0.1) is 18.7 Å². The molecule has 0 aromatic rings. The molecule has 0 unspecified atom stereocenters. The van der Waals surface area contributed by atoms with Crippen molar-refractivity contribution in [3.8, 4) is 0 Å². The van der Waals surface area contributed by atoms with Crippen molar-refractivity contribution in [3.05, 3.63) is 0 Å². The molecule has 0 aromatic heterocycles. The Hall–Kier alpha value is -1.67. The molecule has 3 aliphatic rings. The normalized spacial score (nSPS) is 28.7. The Morgan fingerprint density at radius 1 is 1.22 bits per heavy atom. The fourth-order valence-corrected chi connectivity index (χ4v) is 3.63. The predicted octanol–water partition coefficient (Wildman–Crippen LogP) is -1.01. The first kappa shape index (κ1) is 16.2. The number of hydrogen-bond donors (Lipinski definition) is 2. The van der Waals surface area contributed by atoms with Gasteiger partial charge in [-0.2, -0.15) is 0 Å². The van der Waals surface area contributed by atoms with Crippen LogP contribution in [0, 0.1) is 0 Å². The number of hydrogen-bond acceptors (Lipinski definition) is 5. The molecule has 3 heterocycles. The highest BCUT2D eigenvalue weighted by Crippen LogP contribution is 2.21. The van der Waals surface area contributed by atoms with E-state index in [0.717, 1.165) is 30.8 Å². The van der Waals surface area contributed by atoms with E-state index < -0.39 is 6.10 Å². The Labute approximate surface area is 135 Å². The zero-order chi connectivity index (χ0) is 16.4. The summed E-state index contributed by atoms with van der Waals surface area (Å²) in [6.07, 6.45) is 2.57. The minimum absolute atomic E-state index is 0.0159. The first-order valence-corrected chi connectivity index (χ1v) is 8.34. The smallest absolute Gasteiger partial charge is 0.324 e. The van der Waals surface area contributed by atoms with E-state index in [2.05, 4.69) is 10.2 Å². The molecule has 0 bridgehead atoms. The SMILES string of the molecule is O=C(CCCN1C(=O)CNC1=O)N1C[C@@H](O)[C@H](N2CCCC2)C1. The van der Waals surface area contributed by atoms with Gasteiger partial charge in [0.25, 0.3) is 0 Å². The third kappa shape index (κ3) is 3.48. The monoisotopic (exact) mass is 324 g/mol. The highest BCUT2D eigenvalue weighted by atomic mass is 16.3. The van der Waals surface area contributed by atoms with Crippen LogP contribution in [0.3, 0.4) is 0 Å². The molecule has 3 rings (SSSR count). The summed E-state index contributed by atoms with van der Waals surface area (Å²) in [5, 5.41) is 12.7. The van der Waals surface area contributed by atoms with Gasteiger partial charge < -0.3 is 15.3 Å². The van der Waals surface area contributed by atoms with E-state index in [1.165, 1.54) is 0 Å². The van der Waals surface area contributed by atoms with Crippen molar-refractivity contribution >= 4 is 17.8 Å². The molecule has 23 heavy (non-hydrogen) atoms. The molecule has 3 saturated heterocycles. The number of carbonyl (C=O) groups is 3. The number of imide groups is 1. The summed E-state index contributed by atoms with van der Waals surface area (Å²) in [4.78, 5) is 40.3. The first-order valence-electron chi connectivity index (χ1n) is 8.34. The van der Waals surface area contributed by atoms with E-state index in [0.29, 0.717) is 19.5 Å². The van der Waals surface area contributed by atoms with Gasteiger partial charge in [0.2, 0.25) is 11.8 Å². The van der Waals surface area contributed by atoms with E-state index in [-0.39, 0.29) is 43.4 Å². The van der Waals surface area contributed by atoms with Gasteiger partial charge in [0.1, 0.15) is 0 Å². The number of nitrogens with one attached hydrogen (secondary N) is 1. The lowest BCUT2D eigenvalue weighted by atomic mass is 10.2. The lowest BCUT2D eigenvalue weighted by Gasteiger charge is -2.25. The number of amides is 4. The molecule has 0 spiro atoms. The molecule has 3 fully saturated rings. The number of β-amino-alcohol motifs (C(OH)–C–C–N with tert-alkyl or cyclic N) is 1. The average molecular weight is 324 g/mol. The summed E-state index contributed by atoms with van der Waals surface area (Å²) >= 11 is 0. The Bertz CT molecular complexity index is 476. The van der Waals surface area contributed by atoms with Crippen molar-refractivity contribution < 1.29 is 19.5 Å². The Morgan fingerprint density at radius 3 is 2.61 bits per heavy atom. The molecule has 8 heteroatoms. The summed E-state index contributed by atoms with van der Waals surface area (Å²) in [5.41, 5.74) is 0. The molecule has 3 aliphatic heterocycles. The third-order valence-electron chi connectivity index (χ3n) is 4.93. The molecule has 8 nitrogen and oxygen atoms in total. The fraction of sp³-hybridized carbons (Fsp3) is 0.800. The summed E-state index contributed by atoms with van der Waals surface area (Å²) in [6.45, 7) is 3.25. The highest BCUT2D eigenvalue weighted by molar-refractivity contribution is 6.01. The van der Waals surface area contributed by atoms with Gasteiger partial charge in [-0.25, -0.2) is 4.79 Å². The van der Waals surface area contributed by atoms with Crippen molar-refractivity contribution in [3.63, 3.8) is 0 Å². The molecule has 0 saturated carbocycles. The van der Waals surface area contributed by atoms with Gasteiger partial charge in [0.15, 0.2) is 0 Å². The summed E-state index contributed by atoms with van der Waals surface area (Å²) < 4.78 is 0. The highest BCUT2D eigenvalue weighted by Gasteiger charge is 2.38. The number of aliphatic hydroxyl groups excluding tert-OH is 1. The van der Waals surface area contributed by atoms with E-state index >= 15 is 0 Å². The van der Waals surface area contributed by atoms with Crippen LogP contribution in [-0.2, 0) is 9.59 Å². The van der Waals surface area contributed by atoms with Gasteiger partial charge in [0, 0.05) is 26.1 Å². The van der Waals surface area contributed by atoms with Crippen LogP contribution in [0.5, 0.6) is 0 Å². The number of nitrogens with zero attached hydrogens (tertiary/aromatic N) is 3. The van der Waals surface area contributed by atoms with Crippen LogP contribution in [0.15, 0.2) is 0 Å². The maximum Gasteiger partial charge on any atom is 0.324 e. The van der Waals surface area contributed by atoms with Gasteiger partial charge in [-0.05, 0) is 32.4 Å². The van der Waals surface area contributed by atoms with E-state index in [1.54, 1.807) is 4.90 Å². The second-order valence-corrected chi connectivity index (χ2v) is 6.48. The zero-order valence-electron chi connectivity index (χ0n) is 13.2. The molecule has 2 N–H and O–H groups in total. The number of urea groups is 1. The number of likely N-dealkylation sites (tertiary alicyclic amines) is 2. The largest absolute Gasteiger partial charge is 0.390 e. The number of aliphatic hydroxyl groups is 1. The Morgan fingerprint density at radius 2 is 1.96 bits per heavy atom. The van der Waals surface area contributed by atoms with Crippen LogP contribution < -0.4 is 5.32 Å². The Kier molecular flexibility index (Phi) is 4.82. The molecule has 4 amide bonds. The molecule has 128 valence electrons.